The number of carbonyl (C=O) groups is 1. The molecule has 6 nitrogen and oxygen atoms in total. The van der Waals surface area contributed by atoms with Crippen LogP contribution in [0.4, 0.5) is 0 Å². The summed E-state index contributed by atoms with van der Waals surface area (Å²) in [5.41, 5.74) is 0.806. The number of fused-ring (bicyclic) bond motifs is 1. The number of aromatic carboxylic acids is 1. The first-order valence-electron chi connectivity index (χ1n) is 5.59. The Hall–Kier alpha value is -2.11. The molecule has 17 heavy (non-hydrogen) atoms. The van der Waals surface area contributed by atoms with Crippen LogP contribution < -0.4 is 0 Å². The average Bonchev–Trinajstić information content (AvgIpc) is 2.95. The second kappa shape index (κ2) is 3.73. The molecule has 0 aliphatic carbocycles. The summed E-state index contributed by atoms with van der Waals surface area (Å²) in [4.78, 5) is 22.0. The van der Waals surface area contributed by atoms with E-state index in [4.69, 9.17) is 5.11 Å². The predicted octanol–water partition coefficient (Wildman–Crippen LogP) is 1.31. The van der Waals surface area contributed by atoms with Crippen molar-refractivity contribution in [1.82, 2.24) is 19.5 Å². The van der Waals surface area contributed by atoms with E-state index in [9.17, 15) is 4.79 Å². The van der Waals surface area contributed by atoms with Crippen LogP contribution in [0.1, 0.15) is 29.2 Å². The number of rotatable bonds is 2. The number of aryl methyl sites for hydroxylation is 2. The molecule has 0 amide bonds. The van der Waals surface area contributed by atoms with Gasteiger partial charge in [0.15, 0.2) is 5.82 Å². The molecule has 2 aromatic rings. The normalized spacial score (nSPS) is 14.6. The maximum atomic E-state index is 10.7. The quantitative estimate of drug-likeness (QED) is 0.817. The van der Waals surface area contributed by atoms with Gasteiger partial charge in [-0.05, 0) is 12.8 Å². The topological polar surface area (TPSA) is 83.8 Å². The Morgan fingerprint density at radius 3 is 3.06 bits per heavy atom. The minimum Gasteiger partial charge on any atom is -0.477 e. The first kappa shape index (κ1) is 10.1. The number of aromatic nitrogens is 4. The largest absolute Gasteiger partial charge is 0.477 e. The summed E-state index contributed by atoms with van der Waals surface area (Å²) >= 11 is 0. The number of nitrogens with zero attached hydrogens (tertiary/aromatic N) is 3. The average molecular weight is 232 g/mol. The SMILES string of the molecule is O=C(O)c1cnc(-c2cn3c(n2)CCCC3)[nH]1. The molecule has 0 fully saturated rings. The van der Waals surface area contributed by atoms with Crippen LogP contribution in [0, 0.1) is 0 Å². The van der Waals surface area contributed by atoms with Gasteiger partial charge in [0, 0.05) is 19.2 Å². The summed E-state index contributed by atoms with van der Waals surface area (Å²) < 4.78 is 2.11. The van der Waals surface area contributed by atoms with E-state index in [1.165, 1.54) is 12.6 Å². The van der Waals surface area contributed by atoms with Gasteiger partial charge in [-0.15, -0.1) is 0 Å². The fraction of sp³-hybridized carbons (Fsp3) is 0.364. The minimum atomic E-state index is -1.01. The second-order valence-corrected chi connectivity index (χ2v) is 4.14. The van der Waals surface area contributed by atoms with E-state index in [1.54, 1.807) is 0 Å². The molecule has 0 radical (unpaired) electrons. The number of nitrogens with one attached hydrogen (secondary N) is 1. The number of carboxylic acid groups (broad SMARTS) is 1. The van der Waals surface area contributed by atoms with Crippen molar-refractivity contribution >= 4 is 5.97 Å². The van der Waals surface area contributed by atoms with Crippen molar-refractivity contribution < 1.29 is 9.90 Å². The summed E-state index contributed by atoms with van der Waals surface area (Å²) in [6.45, 7) is 0.981. The van der Waals surface area contributed by atoms with E-state index in [0.29, 0.717) is 5.82 Å². The van der Waals surface area contributed by atoms with E-state index < -0.39 is 5.97 Å². The summed E-state index contributed by atoms with van der Waals surface area (Å²) in [5.74, 6) is 0.566. The standard InChI is InChI=1S/C11H12N4O2/c16-11(17)7-5-12-10(14-7)8-6-15-4-2-1-3-9(15)13-8/h5-6H,1-4H2,(H,12,14)(H,16,17). The maximum Gasteiger partial charge on any atom is 0.353 e. The predicted molar refractivity (Wildman–Crippen MR) is 59.7 cm³/mol. The molecule has 3 heterocycles. The molecule has 0 bridgehead atoms. The third-order valence-electron chi connectivity index (χ3n) is 2.96. The third-order valence-corrected chi connectivity index (χ3v) is 2.96. The number of imidazole rings is 2. The lowest BCUT2D eigenvalue weighted by molar-refractivity contribution is 0.0691. The summed E-state index contributed by atoms with van der Waals surface area (Å²) in [5, 5.41) is 8.81. The Kier molecular flexibility index (Phi) is 2.21. The number of H-pyrrole nitrogens is 1. The van der Waals surface area contributed by atoms with Gasteiger partial charge in [0.05, 0.1) is 6.20 Å². The van der Waals surface area contributed by atoms with Crippen LogP contribution in [0.2, 0.25) is 0 Å². The van der Waals surface area contributed by atoms with Crippen LogP contribution in [0.5, 0.6) is 0 Å². The van der Waals surface area contributed by atoms with Crippen molar-refractivity contribution in [3.63, 3.8) is 0 Å². The number of aromatic amines is 1. The van der Waals surface area contributed by atoms with Gasteiger partial charge in [-0.3, -0.25) is 0 Å². The van der Waals surface area contributed by atoms with Gasteiger partial charge in [0.1, 0.15) is 17.2 Å². The highest BCUT2D eigenvalue weighted by atomic mass is 16.4. The monoisotopic (exact) mass is 232 g/mol. The molecule has 0 unspecified atom stereocenters. The fourth-order valence-electron chi connectivity index (χ4n) is 2.09. The van der Waals surface area contributed by atoms with E-state index in [1.807, 2.05) is 6.20 Å². The van der Waals surface area contributed by atoms with Gasteiger partial charge in [-0.1, -0.05) is 0 Å². The van der Waals surface area contributed by atoms with Crippen molar-refractivity contribution in [3.8, 4) is 11.5 Å². The maximum absolute atomic E-state index is 10.7. The van der Waals surface area contributed by atoms with Gasteiger partial charge >= 0.3 is 5.97 Å². The molecule has 0 atom stereocenters. The fourth-order valence-corrected chi connectivity index (χ4v) is 2.09. The van der Waals surface area contributed by atoms with Crippen LogP contribution in [0.3, 0.4) is 0 Å². The van der Waals surface area contributed by atoms with Crippen LogP contribution in [-0.4, -0.2) is 30.6 Å². The van der Waals surface area contributed by atoms with Gasteiger partial charge < -0.3 is 14.7 Å². The highest BCUT2D eigenvalue weighted by molar-refractivity contribution is 5.85. The Bertz CT molecular complexity index is 546. The Labute approximate surface area is 97.3 Å². The summed E-state index contributed by atoms with van der Waals surface area (Å²) in [7, 11) is 0. The van der Waals surface area contributed by atoms with Crippen LogP contribution in [0.25, 0.3) is 11.5 Å². The van der Waals surface area contributed by atoms with E-state index in [2.05, 4.69) is 19.5 Å². The molecular formula is C11H12N4O2. The van der Waals surface area contributed by atoms with Crippen molar-refractivity contribution in [3.05, 3.63) is 23.9 Å². The second-order valence-electron chi connectivity index (χ2n) is 4.14. The molecule has 1 aliphatic heterocycles. The Morgan fingerprint density at radius 2 is 2.35 bits per heavy atom. The van der Waals surface area contributed by atoms with Gasteiger partial charge in [0.2, 0.25) is 0 Å². The molecule has 0 saturated carbocycles. The Balaban J connectivity index is 1.97. The lowest BCUT2D eigenvalue weighted by Gasteiger charge is -2.11. The van der Waals surface area contributed by atoms with E-state index in [-0.39, 0.29) is 5.69 Å². The van der Waals surface area contributed by atoms with Crippen LogP contribution >= 0.6 is 0 Å². The van der Waals surface area contributed by atoms with Crippen molar-refractivity contribution in [2.24, 2.45) is 0 Å². The molecule has 1 aliphatic rings. The van der Waals surface area contributed by atoms with Crippen molar-refractivity contribution in [2.45, 2.75) is 25.8 Å². The molecule has 3 rings (SSSR count). The number of hydrogen-bond donors (Lipinski definition) is 2. The highest BCUT2D eigenvalue weighted by Crippen LogP contribution is 2.20. The lowest BCUT2D eigenvalue weighted by Crippen LogP contribution is -2.08. The first-order valence-corrected chi connectivity index (χ1v) is 5.59. The van der Waals surface area contributed by atoms with Crippen molar-refractivity contribution in [2.75, 3.05) is 0 Å². The van der Waals surface area contributed by atoms with Crippen LogP contribution in [-0.2, 0) is 13.0 Å². The molecule has 0 aromatic carbocycles. The highest BCUT2D eigenvalue weighted by Gasteiger charge is 2.16. The van der Waals surface area contributed by atoms with E-state index in [0.717, 1.165) is 30.9 Å². The third kappa shape index (κ3) is 1.71. The van der Waals surface area contributed by atoms with Crippen molar-refractivity contribution in [1.29, 1.82) is 0 Å². The van der Waals surface area contributed by atoms with Gasteiger partial charge in [-0.2, -0.15) is 0 Å². The molecular weight excluding hydrogens is 220 g/mol. The minimum absolute atomic E-state index is 0.0889. The zero-order valence-electron chi connectivity index (χ0n) is 9.18. The summed E-state index contributed by atoms with van der Waals surface area (Å²) in [6, 6.07) is 0. The Morgan fingerprint density at radius 1 is 1.47 bits per heavy atom. The van der Waals surface area contributed by atoms with Gasteiger partial charge in [0.25, 0.3) is 0 Å². The molecule has 88 valence electrons. The van der Waals surface area contributed by atoms with Crippen LogP contribution in [0.15, 0.2) is 12.4 Å². The smallest absolute Gasteiger partial charge is 0.353 e. The van der Waals surface area contributed by atoms with Gasteiger partial charge in [-0.25, -0.2) is 14.8 Å². The molecule has 6 heteroatoms. The zero-order chi connectivity index (χ0) is 11.8. The summed E-state index contributed by atoms with van der Waals surface area (Å²) in [6.07, 6.45) is 6.55. The first-order chi connectivity index (χ1) is 8.24. The molecule has 0 saturated heterocycles. The van der Waals surface area contributed by atoms with E-state index >= 15 is 0 Å². The molecule has 0 spiro atoms. The lowest BCUT2D eigenvalue weighted by atomic mass is 10.2. The zero-order valence-corrected chi connectivity index (χ0v) is 9.18. The number of carboxylic acids is 1. The number of hydrogen-bond acceptors (Lipinski definition) is 3. The molecule has 2 aromatic heterocycles. The molecule has 2 N–H and O–H groups in total.